The largest absolute Gasteiger partial charge is 0.464 e. The van der Waals surface area contributed by atoms with Gasteiger partial charge in [-0.1, -0.05) is 5.16 Å². The highest BCUT2D eigenvalue weighted by Gasteiger charge is 2.17. The maximum absolute atomic E-state index is 11.0. The molecule has 0 aliphatic rings. The molecule has 1 atom stereocenters. The molecule has 0 saturated heterocycles. The number of carbonyl (C=O) groups excluding carboxylic acids is 1. The van der Waals surface area contributed by atoms with Gasteiger partial charge in [0.25, 0.3) is 0 Å². The SMILES string of the molecule is CNCC(O)c1cc(C(=O)OC)no1. The molecule has 0 amide bonds. The van der Waals surface area contributed by atoms with Crippen LogP contribution in [0.2, 0.25) is 0 Å². The Morgan fingerprint density at radius 1 is 1.86 bits per heavy atom. The fourth-order valence-corrected chi connectivity index (χ4v) is 0.941. The van der Waals surface area contributed by atoms with Crippen molar-refractivity contribution in [3.05, 3.63) is 17.5 Å². The first-order valence-electron chi connectivity index (χ1n) is 4.06. The predicted octanol–water partition coefficient (Wildman–Crippen LogP) is -0.286. The summed E-state index contributed by atoms with van der Waals surface area (Å²) in [5.41, 5.74) is 0.0534. The van der Waals surface area contributed by atoms with Crippen LogP contribution in [0.5, 0.6) is 0 Å². The molecular weight excluding hydrogens is 188 g/mol. The van der Waals surface area contributed by atoms with Crippen molar-refractivity contribution < 1.29 is 19.2 Å². The van der Waals surface area contributed by atoms with Gasteiger partial charge in [0.1, 0.15) is 6.10 Å². The molecule has 1 unspecified atom stereocenters. The molecule has 0 saturated carbocycles. The molecule has 78 valence electrons. The Balaban J connectivity index is 2.72. The summed E-state index contributed by atoms with van der Waals surface area (Å²) in [5, 5.41) is 15.7. The lowest BCUT2D eigenvalue weighted by atomic mass is 10.2. The van der Waals surface area contributed by atoms with Crippen molar-refractivity contribution in [3.63, 3.8) is 0 Å². The Kier molecular flexibility index (Phi) is 3.61. The van der Waals surface area contributed by atoms with E-state index in [2.05, 4.69) is 15.2 Å². The number of nitrogens with one attached hydrogen (secondary N) is 1. The van der Waals surface area contributed by atoms with Gasteiger partial charge in [0.05, 0.1) is 7.11 Å². The maximum atomic E-state index is 11.0. The van der Waals surface area contributed by atoms with Crippen molar-refractivity contribution in [2.75, 3.05) is 20.7 Å². The smallest absolute Gasteiger partial charge is 0.360 e. The molecule has 0 radical (unpaired) electrons. The van der Waals surface area contributed by atoms with Gasteiger partial charge in [-0.3, -0.25) is 0 Å². The van der Waals surface area contributed by atoms with Crippen LogP contribution < -0.4 is 5.32 Å². The predicted molar refractivity (Wildman–Crippen MR) is 46.7 cm³/mol. The minimum absolute atomic E-state index is 0.0534. The van der Waals surface area contributed by atoms with Gasteiger partial charge in [-0.15, -0.1) is 0 Å². The first kappa shape index (κ1) is 10.7. The van der Waals surface area contributed by atoms with Gasteiger partial charge in [-0.2, -0.15) is 0 Å². The van der Waals surface area contributed by atoms with Crippen LogP contribution in [0.25, 0.3) is 0 Å². The first-order valence-corrected chi connectivity index (χ1v) is 4.06. The molecule has 0 fully saturated rings. The summed E-state index contributed by atoms with van der Waals surface area (Å²) in [6, 6.07) is 1.36. The van der Waals surface area contributed by atoms with Crippen molar-refractivity contribution >= 4 is 5.97 Å². The van der Waals surface area contributed by atoms with Crippen molar-refractivity contribution in [2.24, 2.45) is 0 Å². The van der Waals surface area contributed by atoms with E-state index in [-0.39, 0.29) is 11.5 Å². The number of hydrogen-bond acceptors (Lipinski definition) is 6. The highest BCUT2D eigenvalue weighted by molar-refractivity contribution is 5.86. The van der Waals surface area contributed by atoms with Gasteiger partial charge in [0.15, 0.2) is 11.5 Å². The van der Waals surface area contributed by atoms with Crippen molar-refractivity contribution in [1.82, 2.24) is 10.5 Å². The number of likely N-dealkylation sites (N-methyl/N-ethyl adjacent to an activating group) is 1. The number of aromatic nitrogens is 1. The fourth-order valence-electron chi connectivity index (χ4n) is 0.941. The number of methoxy groups -OCH3 is 1. The number of aliphatic hydroxyl groups is 1. The molecule has 6 heteroatoms. The van der Waals surface area contributed by atoms with Gasteiger partial charge in [0, 0.05) is 12.6 Å². The molecule has 0 aromatic carbocycles. The summed E-state index contributed by atoms with van der Waals surface area (Å²) < 4.78 is 9.19. The molecule has 1 heterocycles. The molecule has 1 aromatic heterocycles. The molecule has 0 aliphatic carbocycles. The summed E-state index contributed by atoms with van der Waals surface area (Å²) in [4.78, 5) is 11.0. The van der Waals surface area contributed by atoms with Crippen LogP contribution in [0.4, 0.5) is 0 Å². The van der Waals surface area contributed by atoms with E-state index in [1.807, 2.05) is 0 Å². The monoisotopic (exact) mass is 200 g/mol. The Morgan fingerprint density at radius 3 is 3.14 bits per heavy atom. The second kappa shape index (κ2) is 4.73. The van der Waals surface area contributed by atoms with Crippen LogP contribution in [0.3, 0.4) is 0 Å². The van der Waals surface area contributed by atoms with Crippen LogP contribution >= 0.6 is 0 Å². The van der Waals surface area contributed by atoms with Crippen molar-refractivity contribution in [1.29, 1.82) is 0 Å². The third kappa shape index (κ3) is 2.30. The molecule has 2 N–H and O–H groups in total. The van der Waals surface area contributed by atoms with Gasteiger partial charge < -0.3 is 19.7 Å². The topological polar surface area (TPSA) is 84.6 Å². The Hall–Kier alpha value is -1.40. The van der Waals surface area contributed by atoms with Gasteiger partial charge in [-0.25, -0.2) is 4.79 Å². The molecule has 0 bridgehead atoms. The highest BCUT2D eigenvalue weighted by Crippen LogP contribution is 2.13. The zero-order valence-electron chi connectivity index (χ0n) is 7.98. The number of hydrogen-bond donors (Lipinski definition) is 2. The third-order valence-electron chi connectivity index (χ3n) is 1.65. The van der Waals surface area contributed by atoms with Gasteiger partial charge in [-0.05, 0) is 7.05 Å². The van der Waals surface area contributed by atoms with E-state index in [4.69, 9.17) is 4.52 Å². The zero-order valence-corrected chi connectivity index (χ0v) is 7.98. The normalized spacial score (nSPS) is 12.5. The van der Waals surface area contributed by atoms with Crippen molar-refractivity contribution in [3.8, 4) is 0 Å². The quantitative estimate of drug-likeness (QED) is 0.650. The van der Waals surface area contributed by atoms with Crippen LogP contribution in [-0.4, -0.2) is 36.9 Å². The first-order chi connectivity index (χ1) is 6.69. The Morgan fingerprint density at radius 2 is 2.57 bits per heavy atom. The summed E-state index contributed by atoms with van der Waals surface area (Å²) in [5.74, 6) is -0.351. The molecule has 6 nitrogen and oxygen atoms in total. The molecule has 0 aliphatic heterocycles. The van der Waals surface area contributed by atoms with Gasteiger partial charge >= 0.3 is 5.97 Å². The number of aliphatic hydroxyl groups excluding tert-OH is 1. The summed E-state index contributed by atoms with van der Waals surface area (Å²) in [6.07, 6.45) is -0.814. The van der Waals surface area contributed by atoms with Crippen LogP contribution in [-0.2, 0) is 4.74 Å². The Labute approximate surface area is 80.8 Å². The van der Waals surface area contributed by atoms with E-state index in [9.17, 15) is 9.90 Å². The second-order valence-electron chi connectivity index (χ2n) is 2.68. The molecular formula is C8H12N2O4. The number of carbonyl (C=O) groups is 1. The standard InChI is InChI=1S/C8H12N2O4/c1-9-4-6(11)7-3-5(10-14-7)8(12)13-2/h3,6,9,11H,4H2,1-2H3. The van der Waals surface area contributed by atoms with Crippen LogP contribution in [0.1, 0.15) is 22.4 Å². The second-order valence-corrected chi connectivity index (χ2v) is 2.68. The van der Waals surface area contributed by atoms with E-state index in [1.54, 1.807) is 7.05 Å². The van der Waals surface area contributed by atoms with E-state index in [0.29, 0.717) is 6.54 Å². The lowest BCUT2D eigenvalue weighted by Crippen LogP contribution is -2.16. The average Bonchev–Trinajstić information content (AvgIpc) is 2.66. The Bertz CT molecular complexity index is 310. The zero-order chi connectivity index (χ0) is 10.6. The maximum Gasteiger partial charge on any atom is 0.360 e. The molecule has 1 rings (SSSR count). The van der Waals surface area contributed by atoms with E-state index >= 15 is 0 Å². The highest BCUT2D eigenvalue weighted by atomic mass is 16.5. The van der Waals surface area contributed by atoms with E-state index in [0.717, 1.165) is 0 Å². The number of nitrogens with zero attached hydrogens (tertiary/aromatic N) is 1. The average molecular weight is 200 g/mol. The van der Waals surface area contributed by atoms with E-state index < -0.39 is 12.1 Å². The molecule has 0 spiro atoms. The van der Waals surface area contributed by atoms with Crippen LogP contribution in [0, 0.1) is 0 Å². The van der Waals surface area contributed by atoms with E-state index in [1.165, 1.54) is 13.2 Å². The molecule has 14 heavy (non-hydrogen) atoms. The molecule has 1 aromatic rings. The number of esters is 1. The fraction of sp³-hybridized carbons (Fsp3) is 0.500. The lowest BCUT2D eigenvalue weighted by molar-refractivity contribution is 0.0588. The lowest BCUT2D eigenvalue weighted by Gasteiger charge is -2.03. The minimum atomic E-state index is -0.814. The number of ether oxygens (including phenoxy) is 1. The minimum Gasteiger partial charge on any atom is -0.464 e. The summed E-state index contributed by atoms with van der Waals surface area (Å²) >= 11 is 0. The van der Waals surface area contributed by atoms with Crippen molar-refractivity contribution in [2.45, 2.75) is 6.10 Å². The number of rotatable bonds is 4. The third-order valence-corrected chi connectivity index (χ3v) is 1.65. The summed E-state index contributed by atoms with van der Waals surface area (Å²) in [6.45, 7) is 0.329. The van der Waals surface area contributed by atoms with Gasteiger partial charge in [0.2, 0.25) is 0 Å². The summed E-state index contributed by atoms with van der Waals surface area (Å²) in [7, 11) is 2.95. The van der Waals surface area contributed by atoms with Crippen LogP contribution in [0.15, 0.2) is 10.6 Å².